The van der Waals surface area contributed by atoms with E-state index in [0.29, 0.717) is 0 Å². The number of fused-ring (bicyclic) bond motifs is 3. The second-order valence-corrected chi connectivity index (χ2v) is 3.28. The zero-order valence-electron chi connectivity index (χ0n) is 7.54. The number of hydrogen-bond donors (Lipinski definition) is 0. The van der Waals surface area contributed by atoms with E-state index in [2.05, 4.69) is 36.4 Å². The van der Waals surface area contributed by atoms with Crippen molar-refractivity contribution in [3.05, 3.63) is 60.7 Å². The van der Waals surface area contributed by atoms with Crippen LogP contribution in [0.5, 0.6) is 0 Å². The fraction of sp³-hybridized carbons (Fsp3) is 0. The molecule has 0 saturated heterocycles. The molecule has 0 nitrogen and oxygen atoms in total. The second kappa shape index (κ2) is 2.85. The zero-order valence-corrected chi connectivity index (χ0v) is 7.54. The Morgan fingerprint density at radius 3 is 2.79 bits per heavy atom. The molecule has 3 radical (unpaired) electrons. The average Bonchev–Trinajstić information content (AvgIpc) is 2.29. The van der Waals surface area contributed by atoms with Crippen LogP contribution < -0.4 is 0 Å². The van der Waals surface area contributed by atoms with Crippen LogP contribution in [0, 0.1) is 18.2 Å². The molecule has 0 bridgehead atoms. The molecule has 3 rings (SSSR count). The Bertz CT molecular complexity index is 539. The van der Waals surface area contributed by atoms with Gasteiger partial charge in [0.05, 0.1) is 0 Å². The first kappa shape index (κ1) is 7.57. The molecule has 3 aromatic carbocycles. The Hall–Kier alpha value is -1.82. The monoisotopic (exact) mass is 175 g/mol. The highest BCUT2D eigenvalue weighted by atomic mass is 14.0. The molecule has 14 heavy (non-hydrogen) atoms. The molecule has 0 aliphatic heterocycles. The predicted octanol–water partition coefficient (Wildman–Crippen LogP) is 3.39. The van der Waals surface area contributed by atoms with Gasteiger partial charge >= 0.3 is 0 Å². The van der Waals surface area contributed by atoms with Gasteiger partial charge in [-0.1, -0.05) is 30.3 Å². The summed E-state index contributed by atoms with van der Waals surface area (Å²) in [6.07, 6.45) is 0. The van der Waals surface area contributed by atoms with Crippen LogP contribution in [-0.2, 0) is 0 Å². The van der Waals surface area contributed by atoms with Crippen molar-refractivity contribution < 1.29 is 0 Å². The Balaban J connectivity index is 2.61. The highest BCUT2D eigenvalue weighted by Gasteiger charge is 1.97. The third-order valence-corrected chi connectivity index (χ3v) is 2.45. The van der Waals surface area contributed by atoms with Gasteiger partial charge in [0.2, 0.25) is 0 Å². The predicted molar refractivity (Wildman–Crippen MR) is 58.0 cm³/mol. The Kier molecular flexibility index (Phi) is 1.54. The highest BCUT2D eigenvalue weighted by molar-refractivity contribution is 6.06. The lowest BCUT2D eigenvalue weighted by molar-refractivity contribution is 1.73. The summed E-state index contributed by atoms with van der Waals surface area (Å²) in [6.45, 7) is 0. The molecule has 0 N–H and O–H groups in total. The van der Waals surface area contributed by atoms with E-state index in [9.17, 15) is 0 Å². The van der Waals surface area contributed by atoms with Crippen molar-refractivity contribution >= 4 is 21.5 Å². The van der Waals surface area contributed by atoms with Crippen LogP contribution in [0.4, 0.5) is 0 Å². The summed E-state index contributed by atoms with van der Waals surface area (Å²) in [7, 11) is 0. The van der Waals surface area contributed by atoms with E-state index in [1.54, 1.807) is 0 Å². The third-order valence-electron chi connectivity index (χ3n) is 2.45. The van der Waals surface area contributed by atoms with Gasteiger partial charge in [0.25, 0.3) is 0 Å². The SMILES string of the molecule is [c]1[c]cc2c(c1)ccc1[c]cccc12. The first-order chi connectivity index (χ1) is 6.95. The molecule has 0 atom stereocenters. The van der Waals surface area contributed by atoms with Gasteiger partial charge in [0, 0.05) is 0 Å². The van der Waals surface area contributed by atoms with Crippen LogP contribution >= 0.6 is 0 Å². The minimum Gasteiger partial charge on any atom is -0.0610 e. The van der Waals surface area contributed by atoms with E-state index in [4.69, 9.17) is 0 Å². The standard InChI is InChI=1S/C14H7/c1-3-7-13-11(5-1)9-10-12-6-2-4-8-14(12)13/h1,3,6-10H. The van der Waals surface area contributed by atoms with Crippen LogP contribution in [0.1, 0.15) is 0 Å². The van der Waals surface area contributed by atoms with Gasteiger partial charge in [-0.15, -0.1) is 0 Å². The first-order valence-electron chi connectivity index (χ1n) is 4.56. The van der Waals surface area contributed by atoms with Crippen LogP contribution in [0.25, 0.3) is 21.5 Å². The fourth-order valence-corrected chi connectivity index (χ4v) is 1.76. The molecule has 0 aromatic heterocycles. The van der Waals surface area contributed by atoms with Crippen molar-refractivity contribution in [3.63, 3.8) is 0 Å². The normalized spacial score (nSPS) is 10.9. The Morgan fingerprint density at radius 1 is 0.857 bits per heavy atom. The van der Waals surface area contributed by atoms with Crippen LogP contribution in [0.2, 0.25) is 0 Å². The quantitative estimate of drug-likeness (QED) is 0.459. The molecule has 63 valence electrons. The molecule has 3 aromatic rings. The lowest BCUT2D eigenvalue weighted by atomic mass is 10.0. The topological polar surface area (TPSA) is 0 Å². The summed E-state index contributed by atoms with van der Waals surface area (Å²) in [5.74, 6) is 0. The fourth-order valence-electron chi connectivity index (χ4n) is 1.76. The Labute approximate surface area is 82.8 Å². The molecule has 0 unspecified atom stereocenters. The largest absolute Gasteiger partial charge is 0.0610 e. The van der Waals surface area contributed by atoms with E-state index in [-0.39, 0.29) is 0 Å². The van der Waals surface area contributed by atoms with Gasteiger partial charge in [-0.05, 0) is 51.9 Å². The van der Waals surface area contributed by atoms with E-state index in [0.717, 1.165) is 5.39 Å². The van der Waals surface area contributed by atoms with E-state index < -0.39 is 0 Å². The number of rotatable bonds is 0. The minimum absolute atomic E-state index is 1.15. The van der Waals surface area contributed by atoms with Gasteiger partial charge in [-0.3, -0.25) is 0 Å². The maximum atomic E-state index is 3.22. The molecular formula is C14H7. The molecule has 0 aliphatic rings. The molecule has 0 spiro atoms. The minimum atomic E-state index is 1.15. The molecule has 0 heteroatoms. The van der Waals surface area contributed by atoms with E-state index in [1.165, 1.54) is 16.2 Å². The second-order valence-electron chi connectivity index (χ2n) is 3.28. The third kappa shape index (κ3) is 1.01. The summed E-state index contributed by atoms with van der Waals surface area (Å²) in [4.78, 5) is 0. The average molecular weight is 175 g/mol. The van der Waals surface area contributed by atoms with Crippen molar-refractivity contribution in [2.75, 3.05) is 0 Å². The molecule has 0 amide bonds. The smallest absolute Gasteiger partial charge is 0.00921 e. The molecule has 0 aliphatic carbocycles. The number of hydrogen-bond acceptors (Lipinski definition) is 0. The van der Waals surface area contributed by atoms with Crippen molar-refractivity contribution in [3.8, 4) is 0 Å². The number of benzene rings is 3. The summed E-state index contributed by atoms with van der Waals surface area (Å²) < 4.78 is 0. The first-order valence-corrected chi connectivity index (χ1v) is 4.56. The molecule has 0 fully saturated rings. The maximum absolute atomic E-state index is 3.22. The lowest BCUT2D eigenvalue weighted by Gasteiger charge is -2.01. The van der Waals surface area contributed by atoms with Crippen LogP contribution in [0.15, 0.2) is 42.5 Å². The van der Waals surface area contributed by atoms with Gasteiger partial charge in [-0.25, -0.2) is 0 Å². The van der Waals surface area contributed by atoms with Crippen LogP contribution in [0.3, 0.4) is 0 Å². The summed E-state index contributed by atoms with van der Waals surface area (Å²) in [5.41, 5.74) is 0. The summed E-state index contributed by atoms with van der Waals surface area (Å²) >= 11 is 0. The summed E-state index contributed by atoms with van der Waals surface area (Å²) in [5, 5.41) is 4.81. The van der Waals surface area contributed by atoms with Gasteiger partial charge in [-0.2, -0.15) is 0 Å². The van der Waals surface area contributed by atoms with Crippen molar-refractivity contribution in [1.82, 2.24) is 0 Å². The molecular weight excluding hydrogens is 168 g/mol. The zero-order chi connectivity index (χ0) is 9.38. The van der Waals surface area contributed by atoms with Crippen molar-refractivity contribution in [2.24, 2.45) is 0 Å². The van der Waals surface area contributed by atoms with Crippen molar-refractivity contribution in [1.29, 1.82) is 0 Å². The highest BCUT2D eigenvalue weighted by Crippen LogP contribution is 2.23. The summed E-state index contributed by atoms with van der Waals surface area (Å²) in [6, 6.07) is 23.4. The van der Waals surface area contributed by atoms with Crippen molar-refractivity contribution in [2.45, 2.75) is 0 Å². The van der Waals surface area contributed by atoms with Gasteiger partial charge in [0.15, 0.2) is 0 Å². The van der Waals surface area contributed by atoms with E-state index in [1.807, 2.05) is 24.3 Å². The molecule has 0 heterocycles. The van der Waals surface area contributed by atoms with Gasteiger partial charge in [0.1, 0.15) is 0 Å². The maximum Gasteiger partial charge on any atom is -0.00921 e. The van der Waals surface area contributed by atoms with Crippen LogP contribution in [-0.4, -0.2) is 0 Å². The molecule has 0 saturated carbocycles. The van der Waals surface area contributed by atoms with E-state index >= 15 is 0 Å². The van der Waals surface area contributed by atoms with Gasteiger partial charge < -0.3 is 0 Å². The Morgan fingerprint density at radius 2 is 1.79 bits per heavy atom. The lowest BCUT2D eigenvalue weighted by Crippen LogP contribution is -1.76.